The monoisotopic (exact) mass is 305 g/mol. The first-order valence-electron chi connectivity index (χ1n) is 7.86. The number of nitrogens with two attached hydrogens (primary N) is 1. The molecule has 2 heterocycles. The molecule has 4 nitrogen and oxygen atoms in total. The zero-order chi connectivity index (χ0) is 14.8. The van der Waals surface area contributed by atoms with Gasteiger partial charge in [-0.15, -0.1) is 11.3 Å². The Kier molecular flexibility index (Phi) is 4.29. The van der Waals surface area contributed by atoms with Gasteiger partial charge in [-0.05, 0) is 49.5 Å². The Hall–Kier alpha value is -1.36. The molecule has 0 bridgehead atoms. The molecule has 1 aliphatic rings. The quantitative estimate of drug-likeness (QED) is 0.884. The van der Waals surface area contributed by atoms with Crippen molar-refractivity contribution in [1.29, 1.82) is 0 Å². The number of anilines is 1. The first-order chi connectivity index (χ1) is 10.2. The average Bonchev–Trinajstić information content (AvgIpc) is 3.09. The van der Waals surface area contributed by atoms with E-state index in [4.69, 9.17) is 10.3 Å². The molecule has 0 unspecified atom stereocenters. The molecule has 3 rings (SSSR count). The summed E-state index contributed by atoms with van der Waals surface area (Å²) in [7, 11) is 0. The van der Waals surface area contributed by atoms with Gasteiger partial charge in [-0.25, -0.2) is 0 Å². The lowest BCUT2D eigenvalue weighted by Crippen LogP contribution is -2.14. The highest BCUT2D eigenvalue weighted by atomic mass is 32.1. The predicted molar refractivity (Wildman–Crippen MR) is 86.4 cm³/mol. The largest absolute Gasteiger partial charge is 0.397 e. The Morgan fingerprint density at radius 2 is 2.10 bits per heavy atom. The van der Waals surface area contributed by atoms with Crippen LogP contribution in [0.5, 0.6) is 0 Å². The second kappa shape index (κ2) is 6.18. The van der Waals surface area contributed by atoms with Crippen molar-refractivity contribution in [3.8, 4) is 10.8 Å². The molecule has 0 atom stereocenters. The Labute approximate surface area is 129 Å². The molecule has 114 valence electrons. The van der Waals surface area contributed by atoms with Crippen LogP contribution < -0.4 is 5.73 Å². The first-order valence-corrected chi connectivity index (χ1v) is 8.74. The van der Waals surface area contributed by atoms with Gasteiger partial charge in [0.25, 0.3) is 5.89 Å². The molecule has 21 heavy (non-hydrogen) atoms. The number of hydrogen-bond donors (Lipinski definition) is 1. The van der Waals surface area contributed by atoms with Gasteiger partial charge in [-0.3, -0.25) is 0 Å². The minimum absolute atomic E-state index is 0.456. The van der Waals surface area contributed by atoms with Crippen LogP contribution in [-0.4, -0.2) is 10.1 Å². The van der Waals surface area contributed by atoms with Crippen LogP contribution in [0.1, 0.15) is 62.8 Å². The van der Waals surface area contributed by atoms with Crippen LogP contribution >= 0.6 is 11.3 Å². The fourth-order valence-electron chi connectivity index (χ4n) is 3.23. The summed E-state index contributed by atoms with van der Waals surface area (Å²) in [5, 5.41) is 6.23. The molecular formula is C16H23N3OS. The number of nitrogen functional groups attached to an aromatic ring is 1. The van der Waals surface area contributed by atoms with E-state index in [2.05, 4.69) is 17.1 Å². The van der Waals surface area contributed by atoms with Gasteiger partial charge in [-0.2, -0.15) is 4.98 Å². The van der Waals surface area contributed by atoms with Crippen molar-refractivity contribution < 1.29 is 4.52 Å². The lowest BCUT2D eigenvalue weighted by Gasteiger charge is -2.26. The molecule has 2 N–H and O–H groups in total. The number of hydrogen-bond acceptors (Lipinski definition) is 5. The Morgan fingerprint density at radius 3 is 2.71 bits per heavy atom. The average molecular weight is 305 g/mol. The van der Waals surface area contributed by atoms with Crippen LogP contribution in [0.2, 0.25) is 0 Å². The van der Waals surface area contributed by atoms with Crippen molar-refractivity contribution in [3.05, 3.63) is 16.8 Å². The maximum atomic E-state index is 6.06. The second-order valence-electron chi connectivity index (χ2n) is 6.13. The highest BCUT2D eigenvalue weighted by Gasteiger charge is 2.26. The van der Waals surface area contributed by atoms with Gasteiger partial charge in [0, 0.05) is 5.92 Å². The van der Waals surface area contributed by atoms with E-state index in [0.29, 0.717) is 11.8 Å². The molecule has 5 heteroatoms. The van der Waals surface area contributed by atoms with Gasteiger partial charge in [0.1, 0.15) is 4.88 Å². The number of aryl methyl sites for hydroxylation is 1. The maximum Gasteiger partial charge on any atom is 0.270 e. The van der Waals surface area contributed by atoms with Crippen LogP contribution in [0, 0.1) is 12.8 Å². The summed E-state index contributed by atoms with van der Waals surface area (Å²) in [6, 6.07) is 0. The van der Waals surface area contributed by atoms with Crippen LogP contribution in [0.25, 0.3) is 10.8 Å². The smallest absolute Gasteiger partial charge is 0.270 e. The third-order valence-electron chi connectivity index (χ3n) is 4.57. The number of aromatic nitrogens is 2. The van der Waals surface area contributed by atoms with E-state index in [9.17, 15) is 0 Å². The summed E-state index contributed by atoms with van der Waals surface area (Å²) in [6.45, 7) is 4.27. The van der Waals surface area contributed by atoms with Crippen molar-refractivity contribution in [2.24, 2.45) is 5.92 Å². The molecule has 2 aromatic rings. The molecule has 0 aromatic carbocycles. The standard InChI is InChI=1S/C16H23N3OS/c1-3-4-11-5-7-12(8-6-11)15-18-16(20-19-15)14-13(17)10(2)9-21-14/h9,11-12H,3-8,17H2,1-2H3. The first kappa shape index (κ1) is 14.6. The van der Waals surface area contributed by atoms with Gasteiger partial charge in [0.15, 0.2) is 5.82 Å². The molecule has 2 aromatic heterocycles. The van der Waals surface area contributed by atoms with Crippen molar-refractivity contribution >= 4 is 17.0 Å². The van der Waals surface area contributed by atoms with Crippen molar-refractivity contribution in [3.63, 3.8) is 0 Å². The minimum atomic E-state index is 0.456. The Balaban J connectivity index is 1.70. The number of rotatable bonds is 4. The fraction of sp³-hybridized carbons (Fsp3) is 0.625. The van der Waals surface area contributed by atoms with Gasteiger partial charge >= 0.3 is 0 Å². The lowest BCUT2D eigenvalue weighted by atomic mass is 9.80. The van der Waals surface area contributed by atoms with Crippen LogP contribution in [0.4, 0.5) is 5.69 Å². The summed E-state index contributed by atoms with van der Waals surface area (Å²) in [5.74, 6) is 2.80. The Morgan fingerprint density at radius 1 is 1.33 bits per heavy atom. The van der Waals surface area contributed by atoms with Gasteiger partial charge in [0.05, 0.1) is 5.69 Å². The summed E-state index contributed by atoms with van der Waals surface area (Å²) in [6.07, 6.45) is 7.60. The highest BCUT2D eigenvalue weighted by Crippen LogP contribution is 2.38. The molecule has 0 spiro atoms. The van der Waals surface area contributed by atoms with Gasteiger partial charge in [0.2, 0.25) is 0 Å². The van der Waals surface area contributed by atoms with Gasteiger partial charge in [-0.1, -0.05) is 24.9 Å². The van der Waals surface area contributed by atoms with Crippen LogP contribution in [-0.2, 0) is 0 Å². The minimum Gasteiger partial charge on any atom is -0.397 e. The van der Waals surface area contributed by atoms with E-state index in [1.165, 1.54) is 38.5 Å². The summed E-state index contributed by atoms with van der Waals surface area (Å²) in [5.41, 5.74) is 7.90. The summed E-state index contributed by atoms with van der Waals surface area (Å²) < 4.78 is 5.44. The maximum absolute atomic E-state index is 6.06. The highest BCUT2D eigenvalue weighted by molar-refractivity contribution is 7.14. The molecule has 1 saturated carbocycles. The normalized spacial score (nSPS) is 22.6. The van der Waals surface area contributed by atoms with Crippen molar-refractivity contribution in [1.82, 2.24) is 10.1 Å². The van der Waals surface area contributed by atoms with Crippen LogP contribution in [0.3, 0.4) is 0 Å². The fourth-order valence-corrected chi connectivity index (χ4v) is 4.12. The molecule has 1 fully saturated rings. The molecule has 0 amide bonds. The van der Waals surface area contributed by atoms with E-state index in [1.54, 1.807) is 11.3 Å². The van der Waals surface area contributed by atoms with Crippen molar-refractivity contribution in [2.75, 3.05) is 5.73 Å². The molecule has 0 saturated heterocycles. The summed E-state index contributed by atoms with van der Waals surface area (Å²) in [4.78, 5) is 5.51. The van der Waals surface area contributed by atoms with E-state index >= 15 is 0 Å². The number of thiophene rings is 1. The third-order valence-corrected chi connectivity index (χ3v) is 5.67. The molecule has 0 aliphatic heterocycles. The molecule has 0 radical (unpaired) electrons. The van der Waals surface area contributed by atoms with Gasteiger partial charge < -0.3 is 10.3 Å². The van der Waals surface area contributed by atoms with E-state index in [-0.39, 0.29) is 0 Å². The van der Waals surface area contributed by atoms with Crippen molar-refractivity contribution in [2.45, 2.75) is 58.3 Å². The van der Waals surface area contributed by atoms with Crippen LogP contribution in [0.15, 0.2) is 9.90 Å². The zero-order valence-electron chi connectivity index (χ0n) is 12.8. The predicted octanol–water partition coefficient (Wildman–Crippen LogP) is 4.76. The van der Waals surface area contributed by atoms with E-state index < -0.39 is 0 Å². The molecular weight excluding hydrogens is 282 g/mol. The number of nitrogens with zero attached hydrogens (tertiary/aromatic N) is 2. The van der Waals surface area contributed by atoms with E-state index in [0.717, 1.165) is 27.9 Å². The lowest BCUT2D eigenvalue weighted by molar-refractivity contribution is 0.296. The third kappa shape index (κ3) is 2.98. The SMILES string of the molecule is CCCC1CCC(c2noc(-c3scc(C)c3N)n2)CC1. The van der Waals surface area contributed by atoms with E-state index in [1.807, 2.05) is 12.3 Å². The second-order valence-corrected chi connectivity index (χ2v) is 7.01. The Bertz CT molecular complexity index is 596. The zero-order valence-corrected chi connectivity index (χ0v) is 13.6. The summed E-state index contributed by atoms with van der Waals surface area (Å²) >= 11 is 1.57. The topological polar surface area (TPSA) is 64.9 Å². The molecule has 1 aliphatic carbocycles.